The summed E-state index contributed by atoms with van der Waals surface area (Å²) in [6, 6.07) is -0.855. The van der Waals surface area contributed by atoms with Gasteiger partial charge in [0.05, 0.1) is 7.11 Å². The summed E-state index contributed by atoms with van der Waals surface area (Å²) in [5.74, 6) is -1.04. The predicted octanol–water partition coefficient (Wildman–Crippen LogP) is 0.955. The zero-order valence-electron chi connectivity index (χ0n) is 13.3. The van der Waals surface area contributed by atoms with Crippen molar-refractivity contribution < 1.29 is 23.9 Å². The summed E-state index contributed by atoms with van der Waals surface area (Å²) in [4.78, 5) is 35.1. The number of nitrogens with zero attached hydrogens (tertiary/aromatic N) is 1. The molecule has 22 heavy (non-hydrogen) atoms. The van der Waals surface area contributed by atoms with Crippen molar-refractivity contribution in [2.75, 3.05) is 7.11 Å². The fourth-order valence-electron chi connectivity index (χ4n) is 1.95. The molecule has 0 saturated heterocycles. The van der Waals surface area contributed by atoms with E-state index in [0.717, 1.165) is 0 Å². The van der Waals surface area contributed by atoms with Gasteiger partial charge in [-0.25, -0.2) is 15.0 Å². The van der Waals surface area contributed by atoms with Crippen molar-refractivity contribution in [3.8, 4) is 0 Å². The number of carbonyl (C=O) groups excluding carboxylic acids is 3. The molecule has 0 fully saturated rings. The van der Waals surface area contributed by atoms with Gasteiger partial charge in [-0.15, -0.1) is 0 Å². The third-order valence-electron chi connectivity index (χ3n) is 3.01. The molecule has 8 heteroatoms. The molecule has 0 radical (unpaired) electrons. The molecule has 8 nitrogen and oxygen atoms in total. The number of nitrogens with one attached hydrogen (secondary N) is 2. The maximum absolute atomic E-state index is 11.8. The van der Waals surface area contributed by atoms with Gasteiger partial charge in [-0.3, -0.25) is 4.79 Å². The Morgan fingerprint density at radius 1 is 1.50 bits per heavy atom. The summed E-state index contributed by atoms with van der Waals surface area (Å²) in [5.41, 5.74) is 1.71. The molecular formula is C14H23N3O5. The number of alkyl carbamates (subject to hydrolysis) is 1. The molecule has 1 unspecified atom stereocenters. The van der Waals surface area contributed by atoms with Crippen LogP contribution in [0.25, 0.3) is 0 Å². The van der Waals surface area contributed by atoms with E-state index in [4.69, 9.17) is 4.74 Å². The minimum Gasteiger partial charge on any atom is -0.467 e. The first-order chi connectivity index (χ1) is 10.2. The predicted molar refractivity (Wildman–Crippen MR) is 79.1 cm³/mol. The smallest absolute Gasteiger partial charge is 0.408 e. The summed E-state index contributed by atoms with van der Waals surface area (Å²) in [6.45, 7) is 5.18. The summed E-state index contributed by atoms with van der Waals surface area (Å²) in [6.07, 6.45) is 2.12. The van der Waals surface area contributed by atoms with Gasteiger partial charge in [0, 0.05) is 12.1 Å². The highest BCUT2D eigenvalue weighted by molar-refractivity contribution is 5.85. The van der Waals surface area contributed by atoms with Gasteiger partial charge in [0.1, 0.15) is 11.6 Å². The normalized spacial score (nSPS) is 19.1. The Morgan fingerprint density at radius 3 is 2.73 bits per heavy atom. The number of amides is 2. The SMILES string of the molecule is COC(=O)[C@H](CCC1CC=NNC1=O)NC(=O)OC(C)(C)C. The highest BCUT2D eigenvalue weighted by atomic mass is 16.6. The van der Waals surface area contributed by atoms with Crippen LogP contribution in [-0.2, 0) is 19.1 Å². The fourth-order valence-corrected chi connectivity index (χ4v) is 1.95. The lowest BCUT2D eigenvalue weighted by Crippen LogP contribution is -2.44. The molecule has 2 N–H and O–H groups in total. The molecule has 2 atom stereocenters. The number of methoxy groups -OCH3 is 1. The van der Waals surface area contributed by atoms with Gasteiger partial charge in [0.25, 0.3) is 0 Å². The van der Waals surface area contributed by atoms with E-state index in [9.17, 15) is 14.4 Å². The van der Waals surface area contributed by atoms with Crippen molar-refractivity contribution in [1.82, 2.24) is 10.7 Å². The largest absolute Gasteiger partial charge is 0.467 e. The van der Waals surface area contributed by atoms with Gasteiger partial charge < -0.3 is 14.8 Å². The maximum Gasteiger partial charge on any atom is 0.408 e. The second-order valence-corrected chi connectivity index (χ2v) is 6.02. The van der Waals surface area contributed by atoms with Crippen molar-refractivity contribution in [2.24, 2.45) is 11.0 Å². The molecule has 0 aromatic carbocycles. The summed E-state index contributed by atoms with van der Waals surface area (Å²) in [5, 5.41) is 6.15. The van der Waals surface area contributed by atoms with E-state index in [0.29, 0.717) is 12.8 Å². The highest BCUT2D eigenvalue weighted by Gasteiger charge is 2.28. The molecule has 1 aliphatic rings. The summed E-state index contributed by atoms with van der Waals surface area (Å²) < 4.78 is 9.79. The molecule has 0 bridgehead atoms. The van der Waals surface area contributed by atoms with E-state index in [-0.39, 0.29) is 18.2 Å². The number of hydrogen-bond donors (Lipinski definition) is 2. The van der Waals surface area contributed by atoms with Crippen LogP contribution in [-0.4, -0.2) is 42.9 Å². The maximum atomic E-state index is 11.8. The van der Waals surface area contributed by atoms with Gasteiger partial charge in [0.15, 0.2) is 0 Å². The van der Waals surface area contributed by atoms with Crippen LogP contribution < -0.4 is 10.7 Å². The fraction of sp³-hybridized carbons (Fsp3) is 0.714. The number of carbonyl (C=O) groups is 3. The topological polar surface area (TPSA) is 106 Å². The van der Waals surface area contributed by atoms with Crippen molar-refractivity contribution in [1.29, 1.82) is 0 Å². The van der Waals surface area contributed by atoms with Crippen molar-refractivity contribution in [3.63, 3.8) is 0 Å². The van der Waals surface area contributed by atoms with E-state index in [1.54, 1.807) is 27.0 Å². The first-order valence-corrected chi connectivity index (χ1v) is 7.11. The Balaban J connectivity index is 2.57. The van der Waals surface area contributed by atoms with E-state index in [1.807, 2.05) is 0 Å². The third kappa shape index (κ3) is 6.11. The van der Waals surface area contributed by atoms with Crippen molar-refractivity contribution >= 4 is 24.2 Å². The number of esters is 1. The second-order valence-electron chi connectivity index (χ2n) is 6.02. The van der Waals surface area contributed by atoms with Crippen LogP contribution in [0, 0.1) is 5.92 Å². The van der Waals surface area contributed by atoms with Crippen LogP contribution in [0.15, 0.2) is 5.10 Å². The Kier molecular flexibility index (Phi) is 6.33. The summed E-state index contributed by atoms with van der Waals surface area (Å²) in [7, 11) is 1.24. The van der Waals surface area contributed by atoms with Crippen LogP contribution >= 0.6 is 0 Å². The molecule has 1 aliphatic heterocycles. The van der Waals surface area contributed by atoms with Gasteiger partial charge >= 0.3 is 12.1 Å². The molecule has 1 rings (SSSR count). The lowest BCUT2D eigenvalue weighted by atomic mass is 9.96. The van der Waals surface area contributed by atoms with Crippen LogP contribution in [0.5, 0.6) is 0 Å². The van der Waals surface area contributed by atoms with Crippen LogP contribution in [0.1, 0.15) is 40.0 Å². The highest BCUT2D eigenvalue weighted by Crippen LogP contribution is 2.15. The first-order valence-electron chi connectivity index (χ1n) is 7.11. The van der Waals surface area contributed by atoms with E-state index >= 15 is 0 Å². The van der Waals surface area contributed by atoms with E-state index in [2.05, 4.69) is 20.6 Å². The van der Waals surface area contributed by atoms with E-state index in [1.165, 1.54) is 7.11 Å². The number of hydrogen-bond acceptors (Lipinski definition) is 6. The van der Waals surface area contributed by atoms with Gasteiger partial charge in [-0.1, -0.05) is 0 Å². The van der Waals surface area contributed by atoms with E-state index < -0.39 is 23.7 Å². The number of rotatable bonds is 5. The zero-order valence-corrected chi connectivity index (χ0v) is 13.3. The molecule has 2 amide bonds. The van der Waals surface area contributed by atoms with Gasteiger partial charge in [-0.2, -0.15) is 5.10 Å². The average Bonchev–Trinajstić information content (AvgIpc) is 2.42. The number of hydrazone groups is 1. The van der Waals surface area contributed by atoms with Crippen LogP contribution in [0.3, 0.4) is 0 Å². The quantitative estimate of drug-likeness (QED) is 0.735. The Morgan fingerprint density at radius 2 is 2.18 bits per heavy atom. The molecule has 124 valence electrons. The zero-order chi connectivity index (χ0) is 16.8. The minimum atomic E-state index is -0.855. The Bertz CT molecular complexity index is 456. The average molecular weight is 313 g/mol. The van der Waals surface area contributed by atoms with Gasteiger partial charge in [0.2, 0.25) is 5.91 Å². The Hall–Kier alpha value is -2.12. The van der Waals surface area contributed by atoms with Crippen LogP contribution in [0.4, 0.5) is 4.79 Å². The third-order valence-corrected chi connectivity index (χ3v) is 3.01. The lowest BCUT2D eigenvalue weighted by Gasteiger charge is -2.23. The molecule has 0 aromatic rings. The molecule has 1 heterocycles. The second kappa shape index (κ2) is 7.77. The molecule has 0 aliphatic carbocycles. The van der Waals surface area contributed by atoms with Crippen molar-refractivity contribution in [3.05, 3.63) is 0 Å². The van der Waals surface area contributed by atoms with Gasteiger partial charge in [-0.05, 0) is 40.0 Å². The van der Waals surface area contributed by atoms with Crippen LogP contribution in [0.2, 0.25) is 0 Å². The molecular weight excluding hydrogens is 290 g/mol. The standard InChI is InChI=1S/C14H23N3O5/c1-14(2,3)22-13(20)16-10(12(19)21-4)6-5-9-7-8-15-17-11(9)18/h8-10H,5-7H2,1-4H3,(H,16,20)(H,17,18)/t9?,10-/m0/s1. The monoisotopic (exact) mass is 313 g/mol. The van der Waals surface area contributed by atoms with Crippen molar-refractivity contribution in [2.45, 2.75) is 51.7 Å². The minimum absolute atomic E-state index is 0.191. The first kappa shape index (κ1) is 17.9. The molecule has 0 aromatic heterocycles. The number of ether oxygens (including phenoxy) is 2. The Labute approximate surface area is 129 Å². The summed E-state index contributed by atoms with van der Waals surface area (Å²) >= 11 is 0. The molecule has 0 spiro atoms. The molecule has 0 saturated carbocycles. The lowest BCUT2D eigenvalue weighted by molar-refractivity contribution is -0.143.